The summed E-state index contributed by atoms with van der Waals surface area (Å²) in [5.74, 6) is -0.316. The summed E-state index contributed by atoms with van der Waals surface area (Å²) in [7, 11) is -4.08. The Bertz CT molecular complexity index is 763. The molecule has 21 heavy (non-hydrogen) atoms. The number of aromatic nitrogens is 2. The van der Waals surface area contributed by atoms with Crippen LogP contribution in [0.15, 0.2) is 21.6 Å². The molecule has 7 nitrogen and oxygen atoms in total. The van der Waals surface area contributed by atoms with Crippen LogP contribution in [-0.2, 0) is 16.4 Å². The van der Waals surface area contributed by atoms with Gasteiger partial charge in [-0.25, -0.2) is 17.5 Å². The average molecular weight is 335 g/mol. The number of halogens is 2. The van der Waals surface area contributed by atoms with E-state index in [2.05, 4.69) is 14.9 Å². The van der Waals surface area contributed by atoms with Gasteiger partial charge in [0.2, 0.25) is 15.9 Å². The number of nitrogens with one attached hydrogen (secondary N) is 1. The Morgan fingerprint density at radius 3 is 2.81 bits per heavy atom. The van der Waals surface area contributed by atoms with E-state index in [1.165, 1.54) is 0 Å². The molecule has 0 aliphatic heterocycles. The van der Waals surface area contributed by atoms with Gasteiger partial charge in [0, 0.05) is 18.0 Å². The summed E-state index contributed by atoms with van der Waals surface area (Å²) in [5, 5.41) is 3.60. The minimum atomic E-state index is -4.08. The van der Waals surface area contributed by atoms with Crippen LogP contribution in [0, 0.1) is 12.7 Å². The number of nitrogens with zero attached hydrogens (tertiary/aromatic N) is 2. The molecular formula is C11H12ClFN4O3S. The second-order valence-corrected chi connectivity index (χ2v) is 6.36. The Balaban J connectivity index is 2.12. The summed E-state index contributed by atoms with van der Waals surface area (Å²) >= 11 is 5.69. The average Bonchev–Trinajstić information content (AvgIpc) is 2.79. The number of hydrogen-bond acceptors (Lipinski definition) is 6. The van der Waals surface area contributed by atoms with Crippen molar-refractivity contribution in [3.05, 3.63) is 34.7 Å². The van der Waals surface area contributed by atoms with Crippen LogP contribution in [0.2, 0.25) is 5.02 Å². The Morgan fingerprint density at radius 1 is 1.48 bits per heavy atom. The lowest BCUT2D eigenvalue weighted by atomic mass is 10.3. The maximum absolute atomic E-state index is 13.8. The molecule has 0 atom stereocenters. The molecule has 114 valence electrons. The molecule has 2 aromatic rings. The number of nitrogen functional groups attached to an aromatic ring is 1. The maximum atomic E-state index is 13.8. The van der Waals surface area contributed by atoms with Crippen molar-refractivity contribution in [2.75, 3.05) is 12.3 Å². The fraction of sp³-hybridized carbons (Fsp3) is 0.273. The predicted octanol–water partition coefficient (Wildman–Crippen LogP) is 1.27. The first-order chi connectivity index (χ1) is 9.79. The molecule has 0 aliphatic carbocycles. The van der Waals surface area contributed by atoms with Crippen LogP contribution in [0.25, 0.3) is 0 Å². The van der Waals surface area contributed by atoms with Crippen LogP contribution in [0.5, 0.6) is 0 Å². The summed E-state index contributed by atoms with van der Waals surface area (Å²) in [6.07, 6.45) is 0.178. The lowest BCUT2D eigenvalue weighted by molar-refractivity contribution is 0.375. The Hall–Kier alpha value is -1.71. The minimum absolute atomic E-state index is 0.0294. The highest BCUT2D eigenvalue weighted by molar-refractivity contribution is 7.89. The SMILES string of the molecule is Cc1noc(CCNS(=O)(=O)c2cc(Cl)cc(N)c2F)n1. The van der Waals surface area contributed by atoms with Gasteiger partial charge in [0.25, 0.3) is 0 Å². The van der Waals surface area contributed by atoms with Gasteiger partial charge in [-0.3, -0.25) is 0 Å². The normalized spacial score (nSPS) is 11.8. The minimum Gasteiger partial charge on any atom is -0.396 e. The highest BCUT2D eigenvalue weighted by Crippen LogP contribution is 2.25. The van der Waals surface area contributed by atoms with Gasteiger partial charge in [-0.05, 0) is 19.1 Å². The fourth-order valence-corrected chi connectivity index (χ4v) is 3.05. The Labute approximate surface area is 125 Å². The van der Waals surface area contributed by atoms with Crippen molar-refractivity contribution in [3.8, 4) is 0 Å². The smallest absolute Gasteiger partial charge is 0.243 e. The fourth-order valence-electron chi connectivity index (χ4n) is 1.59. The van der Waals surface area contributed by atoms with Gasteiger partial charge in [-0.15, -0.1) is 0 Å². The van der Waals surface area contributed by atoms with Crippen LogP contribution in [0.1, 0.15) is 11.7 Å². The Kier molecular flexibility index (Phi) is 4.45. The second-order valence-electron chi connectivity index (χ2n) is 4.19. The lowest BCUT2D eigenvalue weighted by Crippen LogP contribution is -2.27. The van der Waals surface area contributed by atoms with Crippen molar-refractivity contribution in [1.29, 1.82) is 0 Å². The van der Waals surface area contributed by atoms with Crippen LogP contribution in [-0.4, -0.2) is 25.1 Å². The van der Waals surface area contributed by atoms with E-state index in [4.69, 9.17) is 21.9 Å². The van der Waals surface area contributed by atoms with E-state index in [9.17, 15) is 12.8 Å². The number of hydrogen-bond donors (Lipinski definition) is 2. The quantitative estimate of drug-likeness (QED) is 0.797. The van der Waals surface area contributed by atoms with Gasteiger partial charge >= 0.3 is 0 Å². The number of anilines is 1. The van der Waals surface area contributed by atoms with Crippen molar-refractivity contribution >= 4 is 27.3 Å². The van der Waals surface area contributed by atoms with E-state index in [0.29, 0.717) is 5.82 Å². The first kappa shape index (κ1) is 15.7. The first-order valence-electron chi connectivity index (χ1n) is 5.83. The van der Waals surface area contributed by atoms with Gasteiger partial charge in [0.05, 0.1) is 5.69 Å². The monoisotopic (exact) mass is 334 g/mol. The number of sulfonamides is 1. The van der Waals surface area contributed by atoms with Crippen LogP contribution >= 0.6 is 11.6 Å². The number of nitrogens with two attached hydrogens (primary N) is 1. The van der Waals surface area contributed by atoms with E-state index in [1.54, 1.807) is 6.92 Å². The van der Waals surface area contributed by atoms with E-state index in [-0.39, 0.29) is 29.6 Å². The third-order valence-corrected chi connectivity index (χ3v) is 4.20. The highest BCUT2D eigenvalue weighted by Gasteiger charge is 2.21. The first-order valence-corrected chi connectivity index (χ1v) is 7.69. The number of aryl methyl sites for hydroxylation is 1. The molecule has 10 heteroatoms. The largest absolute Gasteiger partial charge is 0.396 e. The van der Waals surface area contributed by atoms with Crippen molar-refractivity contribution in [3.63, 3.8) is 0 Å². The summed E-state index contributed by atoms with van der Waals surface area (Å²) < 4.78 is 44.9. The van der Waals surface area contributed by atoms with Crippen molar-refractivity contribution in [2.45, 2.75) is 18.2 Å². The molecule has 0 spiro atoms. The van der Waals surface area contributed by atoms with Crippen molar-refractivity contribution in [1.82, 2.24) is 14.9 Å². The van der Waals surface area contributed by atoms with Gasteiger partial charge in [0.1, 0.15) is 4.90 Å². The third-order valence-electron chi connectivity index (χ3n) is 2.52. The van der Waals surface area contributed by atoms with Crippen LogP contribution in [0.3, 0.4) is 0 Å². The Morgan fingerprint density at radius 2 is 2.19 bits per heavy atom. The zero-order chi connectivity index (χ0) is 15.6. The molecule has 0 aliphatic rings. The molecule has 0 radical (unpaired) electrons. The van der Waals surface area contributed by atoms with Gasteiger partial charge in [-0.2, -0.15) is 4.98 Å². The van der Waals surface area contributed by atoms with E-state index < -0.39 is 20.7 Å². The highest BCUT2D eigenvalue weighted by atomic mass is 35.5. The maximum Gasteiger partial charge on any atom is 0.243 e. The molecular weight excluding hydrogens is 323 g/mol. The standard InChI is InChI=1S/C11H12ClFN4O3S/c1-6-16-10(20-17-6)2-3-15-21(18,19)9-5-7(12)4-8(14)11(9)13/h4-5,15H,2-3,14H2,1H3. The summed E-state index contributed by atoms with van der Waals surface area (Å²) in [6, 6.07) is 2.13. The van der Waals surface area contributed by atoms with Gasteiger partial charge in [0.15, 0.2) is 11.6 Å². The second kappa shape index (κ2) is 5.96. The molecule has 0 fully saturated rings. The third kappa shape index (κ3) is 3.69. The predicted molar refractivity (Wildman–Crippen MR) is 73.7 cm³/mol. The summed E-state index contributed by atoms with van der Waals surface area (Å²) in [4.78, 5) is 3.32. The molecule has 0 saturated heterocycles. The topological polar surface area (TPSA) is 111 Å². The van der Waals surface area contributed by atoms with Gasteiger partial charge < -0.3 is 10.3 Å². The van der Waals surface area contributed by atoms with E-state index in [0.717, 1.165) is 12.1 Å². The molecule has 3 N–H and O–H groups in total. The summed E-state index contributed by atoms with van der Waals surface area (Å²) in [5.41, 5.74) is 5.02. The van der Waals surface area contributed by atoms with Crippen LogP contribution < -0.4 is 10.5 Å². The zero-order valence-corrected chi connectivity index (χ0v) is 12.5. The molecule has 0 saturated carbocycles. The van der Waals surface area contributed by atoms with E-state index in [1.807, 2.05) is 0 Å². The molecule has 1 heterocycles. The number of benzene rings is 1. The van der Waals surface area contributed by atoms with Crippen molar-refractivity contribution < 1.29 is 17.3 Å². The lowest BCUT2D eigenvalue weighted by Gasteiger charge is -2.08. The van der Waals surface area contributed by atoms with Crippen LogP contribution in [0.4, 0.5) is 10.1 Å². The van der Waals surface area contributed by atoms with Gasteiger partial charge in [-0.1, -0.05) is 16.8 Å². The molecule has 0 unspecified atom stereocenters. The molecule has 2 rings (SSSR count). The summed E-state index contributed by atoms with van der Waals surface area (Å²) in [6.45, 7) is 1.61. The van der Waals surface area contributed by atoms with Crippen molar-refractivity contribution in [2.24, 2.45) is 0 Å². The molecule has 0 amide bonds. The molecule has 1 aromatic carbocycles. The number of rotatable bonds is 5. The molecule has 0 bridgehead atoms. The van der Waals surface area contributed by atoms with E-state index >= 15 is 0 Å². The zero-order valence-electron chi connectivity index (χ0n) is 10.9. The molecule has 1 aromatic heterocycles.